The van der Waals surface area contributed by atoms with Gasteiger partial charge in [0, 0.05) is 25.7 Å². The first-order chi connectivity index (χ1) is 12.1. The number of hydrogen-bond acceptors (Lipinski definition) is 6. The topological polar surface area (TPSA) is 65.6 Å². The van der Waals surface area contributed by atoms with Gasteiger partial charge in [0.1, 0.15) is 17.6 Å². The van der Waals surface area contributed by atoms with Gasteiger partial charge in [-0.3, -0.25) is 4.90 Å². The molecule has 0 amide bonds. The lowest BCUT2D eigenvalue weighted by Gasteiger charge is -2.45. The van der Waals surface area contributed by atoms with Crippen molar-refractivity contribution in [1.29, 1.82) is 0 Å². The fraction of sp³-hybridized carbons (Fsp3) is 0.579. The zero-order chi connectivity index (χ0) is 17.4. The average molecular weight is 342 g/mol. The third-order valence-electron chi connectivity index (χ3n) is 5.42. The Hall–Kier alpha value is -1.92. The van der Waals surface area contributed by atoms with Crippen molar-refractivity contribution in [2.75, 3.05) is 31.6 Å². The van der Waals surface area contributed by atoms with Crippen LogP contribution in [0, 0.1) is 6.92 Å². The van der Waals surface area contributed by atoms with E-state index in [-0.39, 0.29) is 0 Å². The first kappa shape index (κ1) is 16.5. The highest BCUT2D eigenvalue weighted by Gasteiger charge is 2.32. The fourth-order valence-corrected chi connectivity index (χ4v) is 3.70. The zero-order valence-corrected chi connectivity index (χ0v) is 15.0. The van der Waals surface area contributed by atoms with E-state index < -0.39 is 6.10 Å². The highest BCUT2D eigenvalue weighted by atomic mass is 16.4. The number of aliphatic hydroxyl groups is 1. The lowest BCUT2D eigenvalue weighted by molar-refractivity contribution is 0.0787. The predicted molar refractivity (Wildman–Crippen MR) is 95.7 cm³/mol. The Bertz CT molecular complexity index is 739. The summed E-state index contributed by atoms with van der Waals surface area (Å²) >= 11 is 0. The van der Waals surface area contributed by atoms with E-state index in [1.54, 1.807) is 0 Å². The highest BCUT2D eigenvalue weighted by Crippen LogP contribution is 2.27. The molecule has 0 spiro atoms. The quantitative estimate of drug-likeness (QED) is 0.898. The van der Waals surface area contributed by atoms with Crippen LogP contribution < -0.4 is 4.90 Å². The predicted octanol–water partition coefficient (Wildman–Crippen LogP) is 2.11. The van der Waals surface area contributed by atoms with E-state index in [2.05, 4.69) is 33.1 Å². The van der Waals surface area contributed by atoms with Crippen molar-refractivity contribution in [3.05, 3.63) is 41.0 Å². The largest absolute Gasteiger partial charge is 0.464 e. The summed E-state index contributed by atoms with van der Waals surface area (Å²) in [7, 11) is 2.06. The molecular formula is C19H26N4O2. The van der Waals surface area contributed by atoms with Crippen LogP contribution in [0.25, 0.3) is 0 Å². The molecule has 2 aromatic rings. The lowest BCUT2D eigenvalue weighted by Crippen LogP contribution is -2.59. The van der Waals surface area contributed by atoms with Crippen LogP contribution >= 0.6 is 0 Å². The van der Waals surface area contributed by atoms with Crippen molar-refractivity contribution < 1.29 is 9.52 Å². The molecule has 1 fully saturated rings. The molecule has 6 nitrogen and oxygen atoms in total. The zero-order valence-electron chi connectivity index (χ0n) is 15.0. The van der Waals surface area contributed by atoms with E-state index in [0.717, 1.165) is 37.5 Å². The Balaban J connectivity index is 1.32. The first-order valence-corrected chi connectivity index (χ1v) is 9.15. The molecule has 1 saturated heterocycles. The third-order valence-corrected chi connectivity index (χ3v) is 5.42. The lowest BCUT2D eigenvalue weighted by atomic mass is 9.96. The summed E-state index contributed by atoms with van der Waals surface area (Å²) in [5.74, 6) is 2.46. The molecular weight excluding hydrogens is 316 g/mol. The summed E-state index contributed by atoms with van der Waals surface area (Å²) in [6.07, 6.45) is 4.10. The van der Waals surface area contributed by atoms with Gasteiger partial charge in [-0.15, -0.1) is 5.10 Å². The number of aryl methyl sites for hydroxylation is 3. The van der Waals surface area contributed by atoms with Crippen molar-refractivity contribution in [2.45, 2.75) is 44.8 Å². The van der Waals surface area contributed by atoms with Gasteiger partial charge in [-0.2, -0.15) is 5.10 Å². The van der Waals surface area contributed by atoms with Crippen LogP contribution in [0.1, 0.15) is 41.7 Å². The second kappa shape index (κ2) is 6.77. The number of aliphatic hydroxyl groups excluding tert-OH is 1. The maximum atomic E-state index is 10.3. The molecule has 0 saturated carbocycles. The van der Waals surface area contributed by atoms with Gasteiger partial charge < -0.3 is 14.4 Å². The van der Waals surface area contributed by atoms with Crippen molar-refractivity contribution in [1.82, 2.24) is 15.1 Å². The second-order valence-corrected chi connectivity index (χ2v) is 7.34. The number of fused-ring (bicyclic) bond motifs is 1. The Morgan fingerprint density at radius 3 is 2.84 bits per heavy atom. The first-order valence-electron chi connectivity index (χ1n) is 9.15. The summed E-state index contributed by atoms with van der Waals surface area (Å²) in [5, 5.41) is 19.2. The fourth-order valence-electron chi connectivity index (χ4n) is 3.70. The van der Waals surface area contributed by atoms with Crippen molar-refractivity contribution in [2.24, 2.45) is 0 Å². The molecule has 4 rings (SSSR count). The van der Waals surface area contributed by atoms with Crippen LogP contribution in [0.2, 0.25) is 0 Å². The number of furan rings is 1. The number of aromatic nitrogens is 2. The minimum atomic E-state index is -0.587. The van der Waals surface area contributed by atoms with Gasteiger partial charge in [0.05, 0.1) is 5.69 Å². The van der Waals surface area contributed by atoms with E-state index in [0.29, 0.717) is 18.3 Å². The van der Waals surface area contributed by atoms with Crippen LogP contribution in [0.4, 0.5) is 5.82 Å². The summed E-state index contributed by atoms with van der Waals surface area (Å²) in [4.78, 5) is 4.47. The van der Waals surface area contributed by atoms with Crippen molar-refractivity contribution in [3.8, 4) is 0 Å². The monoisotopic (exact) mass is 342 g/mol. The summed E-state index contributed by atoms with van der Waals surface area (Å²) in [6.45, 7) is 4.31. The Morgan fingerprint density at radius 2 is 2.08 bits per heavy atom. The van der Waals surface area contributed by atoms with Crippen molar-refractivity contribution in [3.63, 3.8) is 0 Å². The van der Waals surface area contributed by atoms with Crippen LogP contribution in [0.3, 0.4) is 0 Å². The molecule has 1 aliphatic heterocycles. The molecule has 2 aliphatic rings. The van der Waals surface area contributed by atoms with Gasteiger partial charge in [0.2, 0.25) is 0 Å². The van der Waals surface area contributed by atoms with Crippen LogP contribution in [-0.2, 0) is 12.8 Å². The van der Waals surface area contributed by atoms with E-state index in [4.69, 9.17) is 4.42 Å². The van der Waals surface area contributed by atoms with Gasteiger partial charge in [-0.05, 0) is 63.4 Å². The molecule has 2 aromatic heterocycles. The number of nitrogens with zero attached hydrogens (tertiary/aromatic N) is 4. The molecule has 1 N–H and O–H groups in total. The minimum Gasteiger partial charge on any atom is -0.464 e. The standard InChI is InChI=1S/C19H26N4O2/c1-13-7-8-18(25-13)17(24)12-22(2)15-10-23(11-15)19-9-14-5-3-4-6-16(14)20-21-19/h7-9,15,17,24H,3-6,10-12H2,1-2H3. The number of hydrogen-bond donors (Lipinski definition) is 1. The van der Waals surface area contributed by atoms with Gasteiger partial charge >= 0.3 is 0 Å². The molecule has 0 bridgehead atoms. The molecule has 0 aromatic carbocycles. The van der Waals surface area contributed by atoms with E-state index in [1.807, 2.05) is 19.1 Å². The molecule has 1 atom stereocenters. The molecule has 25 heavy (non-hydrogen) atoms. The summed E-state index contributed by atoms with van der Waals surface area (Å²) in [6, 6.07) is 6.38. The van der Waals surface area contributed by atoms with Gasteiger partial charge in [-0.25, -0.2) is 0 Å². The second-order valence-electron chi connectivity index (χ2n) is 7.34. The molecule has 3 heterocycles. The van der Waals surface area contributed by atoms with E-state index >= 15 is 0 Å². The van der Waals surface area contributed by atoms with Gasteiger partial charge in [-0.1, -0.05) is 0 Å². The average Bonchev–Trinajstić information content (AvgIpc) is 3.00. The van der Waals surface area contributed by atoms with Crippen LogP contribution in [0.15, 0.2) is 22.6 Å². The summed E-state index contributed by atoms with van der Waals surface area (Å²) < 4.78 is 5.52. The summed E-state index contributed by atoms with van der Waals surface area (Å²) in [5.41, 5.74) is 2.55. The van der Waals surface area contributed by atoms with Crippen molar-refractivity contribution >= 4 is 5.82 Å². The maximum Gasteiger partial charge on any atom is 0.151 e. The third kappa shape index (κ3) is 3.41. The molecule has 0 radical (unpaired) electrons. The molecule has 134 valence electrons. The number of anilines is 1. The Kier molecular flexibility index (Phi) is 4.48. The van der Waals surface area contributed by atoms with E-state index in [1.165, 1.54) is 24.1 Å². The molecule has 6 heteroatoms. The van der Waals surface area contributed by atoms with E-state index in [9.17, 15) is 5.11 Å². The number of rotatable bonds is 5. The maximum absolute atomic E-state index is 10.3. The van der Waals surface area contributed by atoms with Crippen LogP contribution in [-0.4, -0.2) is 52.9 Å². The SMILES string of the molecule is Cc1ccc(C(O)CN(C)C2CN(c3cc4c(nn3)CCCC4)C2)o1. The minimum absolute atomic E-state index is 0.420. The molecule has 1 aliphatic carbocycles. The van der Waals surface area contributed by atoms with Gasteiger partial charge in [0.15, 0.2) is 5.82 Å². The smallest absolute Gasteiger partial charge is 0.151 e. The Labute approximate surface area is 148 Å². The Morgan fingerprint density at radius 1 is 1.28 bits per heavy atom. The van der Waals surface area contributed by atoms with Crippen LogP contribution in [0.5, 0.6) is 0 Å². The molecule has 1 unspecified atom stereocenters. The highest BCUT2D eigenvalue weighted by molar-refractivity contribution is 5.45. The normalized spacial score (nSPS) is 19.0. The number of likely N-dealkylation sites (N-methyl/N-ethyl adjacent to an activating group) is 1. The van der Waals surface area contributed by atoms with Gasteiger partial charge in [0.25, 0.3) is 0 Å².